The van der Waals surface area contributed by atoms with E-state index < -0.39 is 18.0 Å². The summed E-state index contributed by atoms with van der Waals surface area (Å²) in [7, 11) is 1.45. The smallest absolute Gasteiger partial charge is 0.414 e. The molecule has 1 aromatic carbocycles. The number of methoxy groups -OCH3 is 1. The Hall–Kier alpha value is -2.62. The first-order chi connectivity index (χ1) is 13.0. The van der Waals surface area contributed by atoms with Crippen molar-refractivity contribution >= 4 is 41.3 Å². The number of hydrogen-bond donors (Lipinski definition) is 1. The van der Waals surface area contributed by atoms with Gasteiger partial charge in [0.15, 0.2) is 0 Å². The van der Waals surface area contributed by atoms with Crippen LogP contribution < -0.4 is 15.1 Å². The van der Waals surface area contributed by atoms with Gasteiger partial charge in [-0.25, -0.2) is 9.18 Å². The van der Waals surface area contributed by atoms with Crippen LogP contribution in [0.3, 0.4) is 0 Å². The van der Waals surface area contributed by atoms with Gasteiger partial charge in [-0.3, -0.25) is 9.69 Å². The second kappa shape index (κ2) is 8.38. The number of thiocarbonyl (C=S) groups is 1. The lowest BCUT2D eigenvalue weighted by molar-refractivity contribution is -0.118. The Morgan fingerprint density at radius 2 is 2.15 bits per heavy atom. The third-order valence-electron chi connectivity index (χ3n) is 4.58. The zero-order valence-corrected chi connectivity index (χ0v) is 15.7. The molecule has 10 heteroatoms. The van der Waals surface area contributed by atoms with Gasteiger partial charge >= 0.3 is 6.09 Å². The quantitative estimate of drug-likeness (QED) is 0.587. The molecule has 1 atom stereocenters. The molecule has 0 aromatic heterocycles. The zero-order valence-electron chi connectivity index (χ0n) is 14.9. The van der Waals surface area contributed by atoms with Crippen molar-refractivity contribution in [3.8, 4) is 0 Å². The fourth-order valence-corrected chi connectivity index (χ4v) is 3.18. The Kier molecular flexibility index (Phi) is 5.94. The molecule has 2 heterocycles. The molecule has 27 heavy (non-hydrogen) atoms. The Morgan fingerprint density at radius 3 is 2.78 bits per heavy atom. The van der Waals surface area contributed by atoms with Gasteiger partial charge in [0.2, 0.25) is 6.41 Å². The van der Waals surface area contributed by atoms with E-state index in [1.54, 1.807) is 17.0 Å². The van der Waals surface area contributed by atoms with E-state index in [4.69, 9.17) is 21.7 Å². The molecule has 0 spiro atoms. The van der Waals surface area contributed by atoms with Gasteiger partial charge in [-0.1, -0.05) is 0 Å². The fourth-order valence-electron chi connectivity index (χ4n) is 3.10. The topological polar surface area (TPSA) is 74.4 Å². The van der Waals surface area contributed by atoms with Crippen LogP contribution in [-0.2, 0) is 14.3 Å². The van der Waals surface area contributed by atoms with E-state index in [0.29, 0.717) is 44.1 Å². The van der Waals surface area contributed by atoms with Crippen molar-refractivity contribution < 1.29 is 23.5 Å². The van der Waals surface area contributed by atoms with Gasteiger partial charge < -0.3 is 24.6 Å². The predicted octanol–water partition coefficient (Wildman–Crippen LogP) is 0.950. The summed E-state index contributed by atoms with van der Waals surface area (Å²) < 4.78 is 24.8. The molecular formula is C17H21FN4O4S. The van der Waals surface area contributed by atoms with Crippen molar-refractivity contribution in [3.05, 3.63) is 24.0 Å². The summed E-state index contributed by atoms with van der Waals surface area (Å²) in [5.41, 5.74) is 0.894. The van der Waals surface area contributed by atoms with Crippen molar-refractivity contribution in [1.29, 1.82) is 0 Å². The van der Waals surface area contributed by atoms with Crippen LogP contribution in [0.1, 0.15) is 0 Å². The van der Waals surface area contributed by atoms with Crippen LogP contribution in [0.5, 0.6) is 0 Å². The average molecular weight is 396 g/mol. The summed E-state index contributed by atoms with van der Waals surface area (Å²) in [6, 6.07) is 4.68. The van der Waals surface area contributed by atoms with Crippen LogP contribution in [0, 0.1) is 5.82 Å². The number of nitrogens with one attached hydrogen (secondary N) is 1. The number of rotatable bonds is 5. The molecule has 0 bridgehead atoms. The predicted molar refractivity (Wildman–Crippen MR) is 101 cm³/mol. The number of ether oxygens (including phenoxy) is 2. The SMILES string of the molecule is COC(=S)NCC1CN(c2ccc(N3CCN(C=O)CC3)c(F)c2)C(=O)O1. The van der Waals surface area contributed by atoms with Gasteiger partial charge in [-0.15, -0.1) is 0 Å². The highest BCUT2D eigenvalue weighted by Crippen LogP contribution is 2.28. The van der Waals surface area contributed by atoms with Gasteiger partial charge in [0, 0.05) is 26.2 Å². The maximum Gasteiger partial charge on any atom is 0.414 e. The van der Waals surface area contributed by atoms with Crippen molar-refractivity contribution in [3.63, 3.8) is 0 Å². The number of anilines is 2. The van der Waals surface area contributed by atoms with Crippen LogP contribution in [-0.4, -0.2) is 75.1 Å². The lowest BCUT2D eigenvalue weighted by Crippen LogP contribution is -2.46. The Morgan fingerprint density at radius 1 is 1.41 bits per heavy atom. The molecule has 0 saturated carbocycles. The van der Waals surface area contributed by atoms with Gasteiger partial charge in [-0.05, 0) is 30.4 Å². The summed E-state index contributed by atoms with van der Waals surface area (Å²) in [6.07, 6.45) is -0.137. The largest absolute Gasteiger partial charge is 0.474 e. The van der Waals surface area contributed by atoms with Crippen LogP contribution in [0.15, 0.2) is 18.2 Å². The monoisotopic (exact) mass is 396 g/mol. The molecule has 2 aliphatic rings. The van der Waals surface area contributed by atoms with Crippen LogP contribution in [0.25, 0.3) is 0 Å². The minimum Gasteiger partial charge on any atom is -0.474 e. The second-order valence-corrected chi connectivity index (χ2v) is 6.62. The number of benzene rings is 1. The molecule has 3 rings (SSSR count). The first-order valence-electron chi connectivity index (χ1n) is 8.55. The standard InChI is InChI=1S/C17H21FN4O4S/c1-25-16(27)19-9-13-10-22(17(24)26-13)12-2-3-15(14(18)8-12)21-6-4-20(11-23)5-7-21/h2-3,8,11,13H,4-7,9-10H2,1H3,(H,19,27). The molecule has 1 N–H and O–H groups in total. The maximum atomic E-state index is 14.6. The zero-order chi connectivity index (χ0) is 19.4. The van der Waals surface area contributed by atoms with E-state index in [1.165, 1.54) is 18.1 Å². The molecule has 8 nitrogen and oxygen atoms in total. The lowest BCUT2D eigenvalue weighted by Gasteiger charge is -2.34. The lowest BCUT2D eigenvalue weighted by atomic mass is 10.2. The summed E-state index contributed by atoms with van der Waals surface area (Å²) in [4.78, 5) is 27.8. The fraction of sp³-hybridized carbons (Fsp3) is 0.471. The summed E-state index contributed by atoms with van der Waals surface area (Å²) in [5.74, 6) is -0.415. The molecule has 1 unspecified atom stereocenters. The number of nitrogens with zero attached hydrogens (tertiary/aromatic N) is 3. The highest BCUT2D eigenvalue weighted by Gasteiger charge is 2.33. The molecule has 2 saturated heterocycles. The number of carbonyl (C=O) groups is 2. The molecule has 2 fully saturated rings. The maximum absolute atomic E-state index is 14.6. The first kappa shape index (κ1) is 19.2. The van der Waals surface area contributed by atoms with E-state index in [2.05, 4.69) is 5.32 Å². The minimum absolute atomic E-state index is 0.217. The molecule has 146 valence electrons. The Balaban J connectivity index is 1.64. The number of carbonyl (C=O) groups excluding carboxylic acids is 2. The van der Waals surface area contributed by atoms with E-state index >= 15 is 0 Å². The summed E-state index contributed by atoms with van der Waals surface area (Å²) in [5, 5.41) is 3.05. The van der Waals surface area contributed by atoms with E-state index in [0.717, 1.165) is 6.41 Å². The summed E-state index contributed by atoms with van der Waals surface area (Å²) in [6.45, 7) is 2.84. The first-order valence-corrected chi connectivity index (χ1v) is 8.96. The van der Waals surface area contributed by atoms with Crippen molar-refractivity contribution in [2.24, 2.45) is 0 Å². The normalized spacial score (nSPS) is 19.7. The van der Waals surface area contributed by atoms with E-state index in [1.807, 2.05) is 4.90 Å². The van der Waals surface area contributed by atoms with Crippen molar-refractivity contribution in [2.45, 2.75) is 6.10 Å². The molecule has 2 amide bonds. The third-order valence-corrected chi connectivity index (χ3v) is 4.89. The van der Waals surface area contributed by atoms with Crippen molar-refractivity contribution in [1.82, 2.24) is 10.2 Å². The number of amides is 2. The Bertz CT molecular complexity index is 727. The highest BCUT2D eigenvalue weighted by molar-refractivity contribution is 7.80. The average Bonchev–Trinajstić information content (AvgIpc) is 3.06. The van der Waals surface area contributed by atoms with Gasteiger partial charge in [0.25, 0.3) is 5.17 Å². The molecule has 2 aliphatic heterocycles. The minimum atomic E-state index is -0.531. The Labute approximate surface area is 161 Å². The number of cyclic esters (lactones) is 1. The van der Waals surface area contributed by atoms with Crippen molar-refractivity contribution in [2.75, 3.05) is 56.2 Å². The molecule has 0 aliphatic carbocycles. The van der Waals surface area contributed by atoms with Gasteiger partial charge in [0.1, 0.15) is 11.9 Å². The van der Waals surface area contributed by atoms with Crippen LogP contribution in [0.2, 0.25) is 0 Å². The summed E-state index contributed by atoms with van der Waals surface area (Å²) >= 11 is 4.89. The van der Waals surface area contributed by atoms with E-state index in [9.17, 15) is 14.0 Å². The number of piperazine rings is 1. The van der Waals surface area contributed by atoms with Gasteiger partial charge in [-0.2, -0.15) is 0 Å². The highest BCUT2D eigenvalue weighted by atomic mass is 32.1. The molecule has 0 radical (unpaired) electrons. The second-order valence-electron chi connectivity index (χ2n) is 6.25. The van der Waals surface area contributed by atoms with Crippen LogP contribution in [0.4, 0.5) is 20.6 Å². The van der Waals surface area contributed by atoms with Gasteiger partial charge in [0.05, 0.1) is 31.6 Å². The molecular weight excluding hydrogens is 375 g/mol. The van der Waals surface area contributed by atoms with E-state index in [-0.39, 0.29) is 11.7 Å². The number of halogens is 1. The third kappa shape index (κ3) is 4.38. The van der Waals surface area contributed by atoms with Crippen LogP contribution >= 0.6 is 12.2 Å². The molecule has 1 aromatic rings. The number of hydrogen-bond acceptors (Lipinski definition) is 6.